The lowest BCUT2D eigenvalue weighted by Gasteiger charge is -2.07. The predicted octanol–water partition coefficient (Wildman–Crippen LogP) is 5.03. The highest BCUT2D eigenvalue weighted by Crippen LogP contribution is 2.27. The van der Waals surface area contributed by atoms with Crippen LogP contribution >= 0.6 is 0 Å². The molecule has 0 aliphatic heterocycles. The second-order valence-electron chi connectivity index (χ2n) is 5.36. The number of hydrogen-bond acceptors (Lipinski definition) is 4. The average Bonchev–Trinajstić information content (AvgIpc) is 2.68. The van der Waals surface area contributed by atoms with Crippen LogP contribution in [0.2, 0.25) is 0 Å². The maximum absolute atomic E-state index is 7.01. The molecule has 0 saturated heterocycles. The summed E-state index contributed by atoms with van der Waals surface area (Å²) in [6.07, 6.45) is 3.22. The molecule has 2 heterocycles. The van der Waals surface area contributed by atoms with E-state index in [0.29, 0.717) is 17.3 Å². The van der Waals surface area contributed by atoms with Crippen LogP contribution in [0, 0.1) is 6.57 Å². The van der Waals surface area contributed by atoms with Crippen molar-refractivity contribution in [3.8, 4) is 22.9 Å². The third-order valence-corrected chi connectivity index (χ3v) is 3.73. The van der Waals surface area contributed by atoms with E-state index in [1.807, 2.05) is 42.5 Å². The van der Waals surface area contributed by atoms with Crippen molar-refractivity contribution in [2.45, 2.75) is 0 Å². The van der Waals surface area contributed by atoms with Crippen LogP contribution in [0.3, 0.4) is 0 Å². The van der Waals surface area contributed by atoms with Gasteiger partial charge in [0.1, 0.15) is 12.1 Å². The Morgan fingerprint density at radius 3 is 2.60 bits per heavy atom. The average molecular weight is 324 g/mol. The molecule has 118 valence electrons. The first kappa shape index (κ1) is 14.8. The van der Waals surface area contributed by atoms with E-state index in [2.05, 4.69) is 19.8 Å². The molecular formula is C20H12N4O. The summed E-state index contributed by atoms with van der Waals surface area (Å²) in [4.78, 5) is 16.2. The van der Waals surface area contributed by atoms with E-state index in [4.69, 9.17) is 11.3 Å². The standard InChI is InChI=1S/C20H12N4O/c1-21-16-7-4-15(5-8-16)19-12-20(24-13-23-19)25-17-9-6-14-3-2-10-22-18(14)11-17/h2-13H. The first-order valence-corrected chi connectivity index (χ1v) is 7.64. The third kappa shape index (κ3) is 3.14. The predicted molar refractivity (Wildman–Crippen MR) is 95.5 cm³/mol. The van der Waals surface area contributed by atoms with Gasteiger partial charge in [0, 0.05) is 23.7 Å². The lowest BCUT2D eigenvalue weighted by molar-refractivity contribution is 0.462. The molecule has 0 amide bonds. The molecule has 0 unspecified atom stereocenters. The van der Waals surface area contributed by atoms with Crippen LogP contribution in [-0.2, 0) is 0 Å². The van der Waals surface area contributed by atoms with Crippen LogP contribution in [0.25, 0.3) is 27.0 Å². The molecule has 4 rings (SSSR count). The van der Waals surface area contributed by atoms with Crippen molar-refractivity contribution in [3.63, 3.8) is 0 Å². The zero-order chi connectivity index (χ0) is 17.1. The number of rotatable bonds is 3. The molecule has 2 aromatic carbocycles. The molecule has 0 N–H and O–H groups in total. The normalized spacial score (nSPS) is 10.4. The number of ether oxygens (including phenoxy) is 1. The van der Waals surface area contributed by atoms with Crippen LogP contribution in [0.15, 0.2) is 73.2 Å². The summed E-state index contributed by atoms with van der Waals surface area (Å²) >= 11 is 0. The smallest absolute Gasteiger partial charge is 0.222 e. The Kier molecular flexibility index (Phi) is 3.77. The molecule has 0 spiro atoms. The van der Waals surface area contributed by atoms with Crippen molar-refractivity contribution in [1.29, 1.82) is 0 Å². The maximum atomic E-state index is 7.01. The second kappa shape index (κ2) is 6.38. The largest absolute Gasteiger partial charge is 0.439 e. The number of nitrogens with zero attached hydrogens (tertiary/aromatic N) is 4. The highest BCUT2D eigenvalue weighted by molar-refractivity contribution is 5.79. The highest BCUT2D eigenvalue weighted by atomic mass is 16.5. The molecule has 2 aromatic heterocycles. The SMILES string of the molecule is [C-]#[N+]c1ccc(-c2cc(Oc3ccc4cccnc4c3)ncn2)cc1. The lowest BCUT2D eigenvalue weighted by Crippen LogP contribution is -1.91. The summed E-state index contributed by atoms with van der Waals surface area (Å²) in [5, 5.41) is 1.05. The van der Waals surface area contributed by atoms with Gasteiger partial charge in [-0.3, -0.25) is 4.98 Å². The highest BCUT2D eigenvalue weighted by Gasteiger charge is 2.05. The van der Waals surface area contributed by atoms with Crippen molar-refractivity contribution in [2.75, 3.05) is 0 Å². The Morgan fingerprint density at radius 2 is 1.76 bits per heavy atom. The summed E-state index contributed by atoms with van der Waals surface area (Å²) in [5.74, 6) is 1.12. The van der Waals surface area contributed by atoms with Gasteiger partial charge in [-0.15, -0.1) is 0 Å². The van der Waals surface area contributed by atoms with Gasteiger partial charge in [0.05, 0.1) is 17.8 Å². The third-order valence-electron chi connectivity index (χ3n) is 3.73. The molecule has 4 aromatic rings. The van der Waals surface area contributed by atoms with Crippen LogP contribution in [0.5, 0.6) is 11.6 Å². The first-order valence-electron chi connectivity index (χ1n) is 7.64. The monoisotopic (exact) mass is 324 g/mol. The van der Waals surface area contributed by atoms with E-state index < -0.39 is 0 Å². The fourth-order valence-corrected chi connectivity index (χ4v) is 2.49. The molecule has 5 nitrogen and oxygen atoms in total. The second-order valence-corrected chi connectivity index (χ2v) is 5.36. The molecule has 25 heavy (non-hydrogen) atoms. The fourth-order valence-electron chi connectivity index (χ4n) is 2.49. The minimum Gasteiger partial charge on any atom is -0.439 e. The molecular weight excluding hydrogens is 312 g/mol. The van der Waals surface area contributed by atoms with Gasteiger partial charge in [0.2, 0.25) is 5.88 Å². The molecule has 0 fully saturated rings. The van der Waals surface area contributed by atoms with Gasteiger partial charge < -0.3 is 4.74 Å². The van der Waals surface area contributed by atoms with E-state index in [1.165, 1.54) is 6.33 Å². The molecule has 0 saturated carbocycles. The van der Waals surface area contributed by atoms with Gasteiger partial charge in [-0.05, 0) is 23.8 Å². The molecule has 0 atom stereocenters. The van der Waals surface area contributed by atoms with Crippen molar-refractivity contribution >= 4 is 16.6 Å². The Balaban J connectivity index is 1.63. The van der Waals surface area contributed by atoms with Gasteiger partial charge in [-0.1, -0.05) is 30.3 Å². The molecule has 5 heteroatoms. The molecule has 0 radical (unpaired) electrons. The van der Waals surface area contributed by atoms with E-state index in [9.17, 15) is 0 Å². The summed E-state index contributed by atoms with van der Waals surface area (Å²) in [6, 6.07) is 18.6. The topological polar surface area (TPSA) is 52.3 Å². The summed E-state index contributed by atoms with van der Waals surface area (Å²) in [5.41, 5.74) is 3.10. The quantitative estimate of drug-likeness (QED) is 0.496. The van der Waals surface area contributed by atoms with Crippen LogP contribution in [-0.4, -0.2) is 15.0 Å². The van der Waals surface area contributed by atoms with E-state index in [0.717, 1.165) is 22.2 Å². The van der Waals surface area contributed by atoms with Crippen LogP contribution in [0.1, 0.15) is 0 Å². The Morgan fingerprint density at radius 1 is 0.880 bits per heavy atom. The minimum absolute atomic E-state index is 0.453. The summed E-state index contributed by atoms with van der Waals surface area (Å²) < 4.78 is 5.85. The van der Waals surface area contributed by atoms with Crippen molar-refractivity contribution in [1.82, 2.24) is 15.0 Å². The van der Waals surface area contributed by atoms with Crippen molar-refractivity contribution in [2.24, 2.45) is 0 Å². The van der Waals surface area contributed by atoms with Crippen molar-refractivity contribution in [3.05, 3.63) is 84.6 Å². The zero-order valence-corrected chi connectivity index (χ0v) is 13.1. The summed E-state index contributed by atoms with van der Waals surface area (Å²) in [6.45, 7) is 7.01. The van der Waals surface area contributed by atoms with Gasteiger partial charge in [0.15, 0.2) is 5.69 Å². The zero-order valence-electron chi connectivity index (χ0n) is 13.1. The Hall–Kier alpha value is -3.78. The van der Waals surface area contributed by atoms with Gasteiger partial charge in [-0.2, -0.15) is 0 Å². The first-order chi connectivity index (χ1) is 12.3. The van der Waals surface area contributed by atoms with Gasteiger partial charge in [-0.25, -0.2) is 14.8 Å². The van der Waals surface area contributed by atoms with Gasteiger partial charge >= 0.3 is 0 Å². The molecule has 0 aliphatic rings. The molecule has 0 bridgehead atoms. The Bertz CT molecular complexity index is 1080. The van der Waals surface area contributed by atoms with E-state index in [1.54, 1.807) is 24.4 Å². The minimum atomic E-state index is 0.453. The maximum Gasteiger partial charge on any atom is 0.222 e. The molecule has 0 aliphatic carbocycles. The van der Waals surface area contributed by atoms with Crippen LogP contribution in [0.4, 0.5) is 5.69 Å². The van der Waals surface area contributed by atoms with Gasteiger partial charge in [0.25, 0.3) is 0 Å². The van der Waals surface area contributed by atoms with Crippen molar-refractivity contribution < 1.29 is 4.74 Å². The Labute approximate surface area is 144 Å². The van der Waals surface area contributed by atoms with E-state index >= 15 is 0 Å². The van der Waals surface area contributed by atoms with Crippen LogP contribution < -0.4 is 4.74 Å². The number of aromatic nitrogens is 3. The number of hydrogen-bond donors (Lipinski definition) is 0. The number of pyridine rings is 1. The summed E-state index contributed by atoms with van der Waals surface area (Å²) in [7, 11) is 0. The number of benzene rings is 2. The van der Waals surface area contributed by atoms with E-state index in [-0.39, 0.29) is 0 Å². The fraction of sp³-hybridized carbons (Fsp3) is 0. The lowest BCUT2D eigenvalue weighted by atomic mass is 10.1. The number of fused-ring (bicyclic) bond motifs is 1.